The number of nitrogens with one attached hydrogen (secondary N) is 1. The molecule has 25 heavy (non-hydrogen) atoms. The molecule has 0 amide bonds. The number of fused-ring (bicyclic) bond motifs is 1. The van der Waals surface area contributed by atoms with Crippen molar-refractivity contribution in [1.82, 2.24) is 15.1 Å². The van der Waals surface area contributed by atoms with E-state index in [0.717, 1.165) is 36.8 Å². The molecule has 2 aromatic carbocycles. The molecule has 4 nitrogen and oxygen atoms in total. The van der Waals surface area contributed by atoms with Crippen molar-refractivity contribution in [2.45, 2.75) is 18.9 Å². The van der Waals surface area contributed by atoms with Crippen LogP contribution in [-0.2, 0) is 0 Å². The van der Waals surface area contributed by atoms with E-state index in [1.165, 1.54) is 6.07 Å². The number of halogens is 3. The zero-order valence-corrected chi connectivity index (χ0v) is 15.0. The molecule has 1 aromatic heterocycles. The van der Waals surface area contributed by atoms with Gasteiger partial charge in [0.25, 0.3) is 0 Å². The van der Waals surface area contributed by atoms with Crippen LogP contribution in [0.25, 0.3) is 16.6 Å². The Morgan fingerprint density at radius 2 is 1.92 bits per heavy atom. The SMILES string of the molecule is Cl.Fc1ccccc1-n1nc(OC2CCNCC2)c2cc(Cl)ccc21. The molecule has 132 valence electrons. The molecule has 1 aliphatic rings. The second-order valence-corrected chi connectivity index (χ2v) is 6.33. The molecule has 2 heterocycles. The highest BCUT2D eigenvalue weighted by Gasteiger charge is 2.20. The van der Waals surface area contributed by atoms with Crippen LogP contribution >= 0.6 is 24.0 Å². The molecule has 0 spiro atoms. The van der Waals surface area contributed by atoms with Crippen molar-refractivity contribution in [2.75, 3.05) is 13.1 Å². The summed E-state index contributed by atoms with van der Waals surface area (Å²) in [6.45, 7) is 1.86. The number of aromatic nitrogens is 2. The first-order valence-electron chi connectivity index (χ1n) is 8.03. The van der Waals surface area contributed by atoms with Crippen molar-refractivity contribution in [3.63, 3.8) is 0 Å². The van der Waals surface area contributed by atoms with Crippen LogP contribution in [0.5, 0.6) is 5.88 Å². The summed E-state index contributed by atoms with van der Waals surface area (Å²) in [7, 11) is 0. The summed E-state index contributed by atoms with van der Waals surface area (Å²) < 4.78 is 21.9. The zero-order valence-electron chi connectivity index (χ0n) is 13.4. The van der Waals surface area contributed by atoms with E-state index in [0.29, 0.717) is 16.6 Å². The van der Waals surface area contributed by atoms with Gasteiger partial charge in [0.2, 0.25) is 5.88 Å². The van der Waals surface area contributed by atoms with Gasteiger partial charge >= 0.3 is 0 Å². The van der Waals surface area contributed by atoms with E-state index in [4.69, 9.17) is 16.3 Å². The van der Waals surface area contributed by atoms with Gasteiger partial charge in [-0.1, -0.05) is 23.7 Å². The van der Waals surface area contributed by atoms with Gasteiger partial charge in [-0.05, 0) is 56.3 Å². The lowest BCUT2D eigenvalue weighted by atomic mass is 10.1. The maximum absolute atomic E-state index is 14.2. The highest BCUT2D eigenvalue weighted by atomic mass is 35.5. The van der Waals surface area contributed by atoms with Gasteiger partial charge in [0.1, 0.15) is 17.6 Å². The van der Waals surface area contributed by atoms with Crippen molar-refractivity contribution in [3.8, 4) is 11.6 Å². The van der Waals surface area contributed by atoms with Gasteiger partial charge in [-0.3, -0.25) is 0 Å². The maximum atomic E-state index is 14.2. The molecule has 0 bridgehead atoms. The fraction of sp³-hybridized carbons (Fsp3) is 0.278. The van der Waals surface area contributed by atoms with Crippen molar-refractivity contribution < 1.29 is 9.13 Å². The van der Waals surface area contributed by atoms with Crippen molar-refractivity contribution in [1.29, 1.82) is 0 Å². The predicted octanol–water partition coefficient (Wildman–Crippen LogP) is 4.37. The Bertz CT molecular complexity index is 878. The molecule has 0 aliphatic carbocycles. The van der Waals surface area contributed by atoms with Crippen LogP contribution in [-0.4, -0.2) is 29.0 Å². The molecular formula is C18H18Cl2FN3O. The van der Waals surface area contributed by atoms with E-state index in [9.17, 15) is 4.39 Å². The first-order chi connectivity index (χ1) is 11.7. The fourth-order valence-corrected chi connectivity index (χ4v) is 3.20. The third-order valence-corrected chi connectivity index (χ3v) is 4.49. The Hall–Kier alpha value is -1.82. The first-order valence-corrected chi connectivity index (χ1v) is 8.41. The van der Waals surface area contributed by atoms with E-state index in [1.807, 2.05) is 12.1 Å². The molecule has 0 radical (unpaired) electrons. The number of nitrogens with zero attached hydrogens (tertiary/aromatic N) is 2. The second-order valence-electron chi connectivity index (χ2n) is 5.90. The van der Waals surface area contributed by atoms with Crippen LogP contribution in [0.15, 0.2) is 42.5 Å². The number of para-hydroxylation sites is 1. The number of benzene rings is 2. The molecule has 0 unspecified atom stereocenters. The highest BCUT2D eigenvalue weighted by Crippen LogP contribution is 2.31. The minimum atomic E-state index is -0.328. The van der Waals surface area contributed by atoms with Crippen molar-refractivity contribution in [3.05, 3.63) is 53.3 Å². The fourth-order valence-electron chi connectivity index (χ4n) is 3.03. The summed E-state index contributed by atoms with van der Waals surface area (Å²) in [5, 5.41) is 9.24. The van der Waals surface area contributed by atoms with Crippen molar-refractivity contribution >= 4 is 34.9 Å². The smallest absolute Gasteiger partial charge is 0.241 e. The quantitative estimate of drug-likeness (QED) is 0.731. The van der Waals surface area contributed by atoms with Crippen molar-refractivity contribution in [2.24, 2.45) is 0 Å². The topological polar surface area (TPSA) is 39.1 Å². The third-order valence-electron chi connectivity index (χ3n) is 4.25. The Morgan fingerprint density at radius 1 is 1.16 bits per heavy atom. The predicted molar refractivity (Wildman–Crippen MR) is 99.8 cm³/mol. The van der Waals surface area contributed by atoms with Crippen LogP contribution < -0.4 is 10.1 Å². The summed E-state index contributed by atoms with van der Waals surface area (Å²) >= 11 is 6.14. The van der Waals surface area contributed by atoms with Crippen LogP contribution in [0.1, 0.15) is 12.8 Å². The van der Waals surface area contributed by atoms with E-state index in [1.54, 1.807) is 28.9 Å². The lowest BCUT2D eigenvalue weighted by Gasteiger charge is -2.22. The van der Waals surface area contributed by atoms with Gasteiger partial charge in [-0.25, -0.2) is 9.07 Å². The lowest BCUT2D eigenvalue weighted by molar-refractivity contribution is 0.157. The minimum absolute atomic E-state index is 0. The van der Waals surface area contributed by atoms with E-state index < -0.39 is 0 Å². The van der Waals surface area contributed by atoms with E-state index in [-0.39, 0.29) is 24.3 Å². The molecule has 3 aromatic rings. The van der Waals surface area contributed by atoms with Crippen LogP contribution in [0.3, 0.4) is 0 Å². The van der Waals surface area contributed by atoms with Gasteiger partial charge < -0.3 is 10.1 Å². The van der Waals surface area contributed by atoms with Gasteiger partial charge in [0.15, 0.2) is 0 Å². The Kier molecular flexibility index (Phi) is 5.47. The number of rotatable bonds is 3. The molecular weight excluding hydrogens is 364 g/mol. The summed E-state index contributed by atoms with van der Waals surface area (Å²) in [6.07, 6.45) is 1.96. The lowest BCUT2D eigenvalue weighted by Crippen LogP contribution is -2.34. The molecule has 1 aliphatic heterocycles. The maximum Gasteiger partial charge on any atom is 0.241 e. The Labute approximate surface area is 156 Å². The highest BCUT2D eigenvalue weighted by molar-refractivity contribution is 6.31. The Balaban J connectivity index is 0.00000182. The molecule has 1 fully saturated rings. The molecule has 4 rings (SSSR count). The summed E-state index contributed by atoms with van der Waals surface area (Å²) in [6, 6.07) is 12.0. The number of piperidine rings is 1. The number of ether oxygens (including phenoxy) is 1. The number of hydrogen-bond acceptors (Lipinski definition) is 3. The van der Waals surface area contributed by atoms with E-state index in [2.05, 4.69) is 10.4 Å². The summed E-state index contributed by atoms with van der Waals surface area (Å²) in [4.78, 5) is 0. The largest absolute Gasteiger partial charge is 0.473 e. The second kappa shape index (κ2) is 7.60. The average Bonchev–Trinajstić information content (AvgIpc) is 2.94. The molecule has 1 saturated heterocycles. The average molecular weight is 382 g/mol. The summed E-state index contributed by atoms with van der Waals surface area (Å²) in [5.41, 5.74) is 1.17. The van der Waals surface area contributed by atoms with Crippen LogP contribution in [0.2, 0.25) is 5.02 Å². The van der Waals surface area contributed by atoms with Crippen LogP contribution in [0, 0.1) is 5.82 Å². The van der Waals surface area contributed by atoms with E-state index >= 15 is 0 Å². The van der Waals surface area contributed by atoms with Gasteiger partial charge in [-0.15, -0.1) is 17.5 Å². The van der Waals surface area contributed by atoms with Gasteiger partial charge in [0.05, 0.1) is 10.9 Å². The zero-order chi connectivity index (χ0) is 16.5. The first kappa shape index (κ1) is 18.0. The normalized spacial score (nSPS) is 15.1. The van der Waals surface area contributed by atoms with Crippen LogP contribution in [0.4, 0.5) is 4.39 Å². The third kappa shape index (κ3) is 3.59. The standard InChI is InChI=1S/C18H17ClFN3O.ClH/c19-12-5-6-16-14(11-12)18(24-13-7-9-21-10-8-13)22-23(16)17-4-2-1-3-15(17)20;/h1-6,11,13,21H,7-10H2;1H. The summed E-state index contributed by atoms with van der Waals surface area (Å²) in [5.74, 6) is 0.174. The molecule has 7 heteroatoms. The number of hydrogen-bond donors (Lipinski definition) is 1. The molecule has 1 N–H and O–H groups in total. The molecule has 0 atom stereocenters. The van der Waals surface area contributed by atoms with Gasteiger partial charge in [-0.2, -0.15) is 0 Å². The molecule has 0 saturated carbocycles. The Morgan fingerprint density at radius 3 is 2.68 bits per heavy atom. The monoisotopic (exact) mass is 381 g/mol. The minimum Gasteiger partial charge on any atom is -0.473 e. The van der Waals surface area contributed by atoms with Gasteiger partial charge in [0, 0.05) is 5.02 Å².